The third kappa shape index (κ3) is 10.6. The number of ether oxygens (including phenoxy) is 1. The van der Waals surface area contributed by atoms with Gasteiger partial charge in [-0.25, -0.2) is 9.78 Å². The summed E-state index contributed by atoms with van der Waals surface area (Å²) in [6, 6.07) is 34.9. The van der Waals surface area contributed by atoms with Crippen LogP contribution in [0.25, 0.3) is 0 Å². The predicted molar refractivity (Wildman–Crippen MR) is 202 cm³/mol. The van der Waals surface area contributed by atoms with Crippen LogP contribution in [0, 0.1) is 0 Å². The van der Waals surface area contributed by atoms with Gasteiger partial charge in [0.15, 0.2) is 0 Å². The van der Waals surface area contributed by atoms with Gasteiger partial charge in [0.05, 0.1) is 6.33 Å². The molecule has 0 radical (unpaired) electrons. The summed E-state index contributed by atoms with van der Waals surface area (Å²) < 4.78 is 5.98. The van der Waals surface area contributed by atoms with E-state index in [0.717, 1.165) is 22.3 Å². The van der Waals surface area contributed by atoms with E-state index in [4.69, 9.17) is 4.74 Å². The first-order valence-electron chi connectivity index (χ1n) is 17.5. The summed E-state index contributed by atoms with van der Waals surface area (Å²) in [4.78, 5) is 52.1. The largest absolute Gasteiger partial charge is 0.489 e. The van der Waals surface area contributed by atoms with Crippen LogP contribution in [0.3, 0.4) is 0 Å². The monoisotopic (exact) mass is 700 g/mol. The maximum atomic E-state index is 14.4. The van der Waals surface area contributed by atoms with Gasteiger partial charge in [0.1, 0.15) is 24.4 Å². The van der Waals surface area contributed by atoms with Crippen LogP contribution in [0.15, 0.2) is 128 Å². The lowest BCUT2D eigenvalue weighted by atomic mass is 9.84. The minimum Gasteiger partial charge on any atom is -0.489 e. The number of nitrogens with zero attached hydrogens (tertiary/aromatic N) is 3. The van der Waals surface area contributed by atoms with Crippen LogP contribution in [-0.2, 0) is 41.0 Å². The molecule has 1 heterocycles. The quantitative estimate of drug-likeness (QED) is 0.118. The van der Waals surface area contributed by atoms with Gasteiger partial charge in [-0.05, 0) is 34.4 Å². The van der Waals surface area contributed by atoms with Crippen molar-refractivity contribution in [2.45, 2.75) is 57.3 Å². The Morgan fingerprint density at radius 3 is 2.02 bits per heavy atom. The Kier molecular flexibility index (Phi) is 12.8. The van der Waals surface area contributed by atoms with Crippen LogP contribution in [-0.4, -0.2) is 70.3 Å². The van der Waals surface area contributed by atoms with Gasteiger partial charge in [-0.1, -0.05) is 117 Å². The Bertz CT molecular complexity index is 1850. The molecule has 1 aromatic heterocycles. The number of aromatic nitrogens is 2. The number of carbonyl (C=O) groups excluding carboxylic acids is 3. The van der Waals surface area contributed by atoms with Gasteiger partial charge in [-0.3, -0.25) is 9.59 Å². The average molecular weight is 701 g/mol. The van der Waals surface area contributed by atoms with Gasteiger partial charge in [0.2, 0.25) is 11.8 Å². The summed E-state index contributed by atoms with van der Waals surface area (Å²) in [5, 5.41) is 6.06. The van der Waals surface area contributed by atoms with E-state index in [0.29, 0.717) is 31.1 Å². The number of amides is 4. The first kappa shape index (κ1) is 37.4. The van der Waals surface area contributed by atoms with E-state index in [9.17, 15) is 14.4 Å². The van der Waals surface area contributed by atoms with Gasteiger partial charge >= 0.3 is 6.03 Å². The molecule has 4 amide bonds. The van der Waals surface area contributed by atoms with Crippen molar-refractivity contribution in [1.29, 1.82) is 0 Å². The van der Waals surface area contributed by atoms with Crippen molar-refractivity contribution < 1.29 is 19.1 Å². The fourth-order valence-corrected chi connectivity index (χ4v) is 5.91. The van der Waals surface area contributed by atoms with Gasteiger partial charge in [0.25, 0.3) is 0 Å². The molecule has 0 aliphatic rings. The summed E-state index contributed by atoms with van der Waals surface area (Å²) in [6.07, 6.45) is 3.56. The molecule has 0 saturated carbocycles. The van der Waals surface area contributed by atoms with Crippen molar-refractivity contribution in [3.05, 3.63) is 156 Å². The molecular formula is C42H48N6O4. The molecule has 4 aromatic carbocycles. The van der Waals surface area contributed by atoms with Gasteiger partial charge in [0, 0.05) is 57.3 Å². The molecule has 10 nitrogen and oxygen atoms in total. The zero-order valence-electron chi connectivity index (χ0n) is 30.3. The molecule has 0 spiro atoms. The Hall–Kier alpha value is -5.90. The summed E-state index contributed by atoms with van der Waals surface area (Å²) in [5.74, 6) is 0.00280. The van der Waals surface area contributed by atoms with Crippen molar-refractivity contribution in [3.8, 4) is 5.75 Å². The van der Waals surface area contributed by atoms with Crippen LogP contribution < -0.4 is 15.4 Å². The third-order valence-electron chi connectivity index (χ3n) is 9.16. The maximum Gasteiger partial charge on any atom is 0.318 e. The Morgan fingerprint density at radius 1 is 0.788 bits per heavy atom. The van der Waals surface area contributed by atoms with E-state index in [1.54, 1.807) is 20.3 Å². The number of likely N-dealkylation sites (N-methyl/N-ethyl adjacent to an activating group) is 1. The van der Waals surface area contributed by atoms with E-state index < -0.39 is 24.0 Å². The van der Waals surface area contributed by atoms with E-state index in [1.807, 2.05) is 115 Å². The minimum absolute atomic E-state index is 0.164. The predicted octanol–water partition coefficient (Wildman–Crippen LogP) is 5.91. The van der Waals surface area contributed by atoms with Crippen molar-refractivity contribution in [2.75, 3.05) is 20.6 Å². The van der Waals surface area contributed by atoms with Gasteiger partial charge in [-0.2, -0.15) is 0 Å². The molecule has 5 aromatic rings. The average Bonchev–Trinajstić information content (AvgIpc) is 3.69. The molecule has 270 valence electrons. The summed E-state index contributed by atoms with van der Waals surface area (Å²) in [7, 11) is 3.30. The SMILES string of the molecule is CN(Cc1ccccc1)C(=O)N[C@@H](Cc1cnc[nH]1)C(=O)N(C)[C@@H](Cc1ccc(OCc2ccccc2)cc1)C(=O)NCC(C)(C)c1ccccc1. The number of urea groups is 1. The second-order valence-corrected chi connectivity index (χ2v) is 13.7. The third-order valence-corrected chi connectivity index (χ3v) is 9.16. The zero-order chi connectivity index (χ0) is 36.9. The van der Waals surface area contributed by atoms with Crippen LogP contribution in [0.2, 0.25) is 0 Å². The smallest absolute Gasteiger partial charge is 0.318 e. The van der Waals surface area contributed by atoms with Crippen LogP contribution in [0.5, 0.6) is 5.75 Å². The molecule has 0 saturated heterocycles. The Balaban J connectivity index is 1.35. The van der Waals surface area contributed by atoms with E-state index in [-0.39, 0.29) is 24.2 Å². The van der Waals surface area contributed by atoms with Crippen LogP contribution in [0.1, 0.15) is 41.8 Å². The second kappa shape index (κ2) is 17.8. The van der Waals surface area contributed by atoms with Crippen molar-refractivity contribution in [3.63, 3.8) is 0 Å². The number of nitrogens with one attached hydrogen (secondary N) is 3. The maximum absolute atomic E-state index is 14.4. The standard InChI is InChI=1S/C42H48N6O4/c1-42(2,34-18-12-7-13-19-34)29-44-39(49)38(24-31-20-22-36(23-21-31)52-28-33-16-10-6-11-17-33)48(4)40(50)37(25-35-26-43-30-45-35)46-41(51)47(3)27-32-14-8-5-9-15-32/h5-23,26,30,37-38H,24-25,27-29H2,1-4H3,(H,43,45)(H,44,49)(H,46,51)/t37-,38-/m0/s1. The summed E-state index contributed by atoms with van der Waals surface area (Å²) >= 11 is 0. The highest BCUT2D eigenvalue weighted by Crippen LogP contribution is 2.23. The number of imidazole rings is 1. The molecule has 0 aliphatic carbocycles. The number of rotatable bonds is 16. The molecule has 0 aliphatic heterocycles. The molecule has 2 atom stereocenters. The van der Waals surface area contributed by atoms with Gasteiger partial charge < -0.3 is 30.2 Å². The minimum atomic E-state index is -0.971. The van der Waals surface area contributed by atoms with Crippen LogP contribution in [0.4, 0.5) is 4.79 Å². The number of carbonyl (C=O) groups is 3. The lowest BCUT2D eigenvalue weighted by Crippen LogP contribution is -2.57. The molecule has 0 bridgehead atoms. The molecule has 0 fully saturated rings. The van der Waals surface area contributed by atoms with E-state index in [1.165, 1.54) is 16.1 Å². The molecule has 10 heteroatoms. The highest BCUT2D eigenvalue weighted by molar-refractivity contribution is 5.92. The lowest BCUT2D eigenvalue weighted by molar-refractivity contribution is -0.140. The van der Waals surface area contributed by atoms with Crippen molar-refractivity contribution in [1.82, 2.24) is 30.4 Å². The summed E-state index contributed by atoms with van der Waals surface area (Å²) in [5.41, 5.74) is 4.28. The first-order valence-corrected chi connectivity index (χ1v) is 17.5. The second-order valence-electron chi connectivity index (χ2n) is 13.7. The van der Waals surface area contributed by atoms with E-state index in [2.05, 4.69) is 34.4 Å². The number of hydrogen-bond acceptors (Lipinski definition) is 5. The Morgan fingerprint density at radius 2 is 1.40 bits per heavy atom. The fraction of sp³-hybridized carbons (Fsp3) is 0.286. The zero-order valence-corrected chi connectivity index (χ0v) is 30.3. The van der Waals surface area contributed by atoms with Crippen molar-refractivity contribution in [2.24, 2.45) is 0 Å². The van der Waals surface area contributed by atoms with Crippen molar-refractivity contribution >= 4 is 17.8 Å². The lowest BCUT2D eigenvalue weighted by Gasteiger charge is -2.33. The first-order chi connectivity index (χ1) is 25.1. The van der Waals surface area contributed by atoms with Crippen LogP contribution >= 0.6 is 0 Å². The van der Waals surface area contributed by atoms with Gasteiger partial charge in [-0.15, -0.1) is 0 Å². The highest BCUT2D eigenvalue weighted by atomic mass is 16.5. The number of benzene rings is 4. The topological polar surface area (TPSA) is 120 Å². The summed E-state index contributed by atoms with van der Waals surface area (Å²) in [6.45, 7) is 5.30. The molecule has 3 N–H and O–H groups in total. The Labute approximate surface area is 306 Å². The molecular weight excluding hydrogens is 652 g/mol. The highest BCUT2D eigenvalue weighted by Gasteiger charge is 2.34. The molecule has 0 unspecified atom stereocenters. The normalized spacial score (nSPS) is 12.3. The number of H-pyrrole nitrogens is 1. The molecule has 52 heavy (non-hydrogen) atoms. The number of hydrogen-bond donors (Lipinski definition) is 3. The number of aromatic amines is 1. The fourth-order valence-electron chi connectivity index (χ4n) is 5.91. The van der Waals surface area contributed by atoms with E-state index >= 15 is 0 Å². The molecule has 5 rings (SSSR count).